The zero-order valence-corrected chi connectivity index (χ0v) is 24.6. The number of rotatable bonds is 5. The van der Waals surface area contributed by atoms with Gasteiger partial charge in [0, 0.05) is 44.2 Å². The molecule has 0 saturated carbocycles. The molecule has 7 heterocycles. The zero-order chi connectivity index (χ0) is 34.6. The highest BCUT2D eigenvalue weighted by molar-refractivity contribution is 6.31. The third-order valence-corrected chi connectivity index (χ3v) is 9.55. The summed E-state index contributed by atoms with van der Waals surface area (Å²) in [6, 6.07) is 0.133. The Morgan fingerprint density at radius 3 is 2.57 bits per heavy atom. The van der Waals surface area contributed by atoms with Crippen molar-refractivity contribution in [2.24, 2.45) is 0 Å². The summed E-state index contributed by atoms with van der Waals surface area (Å²) >= 11 is 5.78. The quantitative estimate of drug-likeness (QED) is 0.362. The van der Waals surface area contributed by atoms with Gasteiger partial charge in [-0.05, 0) is 44.4 Å². The summed E-state index contributed by atoms with van der Waals surface area (Å²) in [4.78, 5) is 25.8. The minimum absolute atomic E-state index is 0.0323. The molecule has 1 aromatic carbocycles. The first-order valence-electron chi connectivity index (χ1n) is 15.6. The first-order valence-corrected chi connectivity index (χ1v) is 15.0. The summed E-state index contributed by atoms with van der Waals surface area (Å²) in [7, 11) is 0. The lowest BCUT2D eigenvalue weighted by molar-refractivity contribution is -0.144. The van der Waals surface area contributed by atoms with E-state index in [2.05, 4.69) is 15.3 Å². The van der Waals surface area contributed by atoms with E-state index >= 15 is 0 Å². The van der Waals surface area contributed by atoms with E-state index < -0.39 is 80.8 Å². The number of pyridine rings is 1. The first kappa shape index (κ1) is 28.8. The van der Waals surface area contributed by atoms with Gasteiger partial charge in [-0.3, -0.25) is 14.3 Å². The van der Waals surface area contributed by atoms with Crippen LogP contribution in [0.3, 0.4) is 0 Å². The average molecular weight is 679 g/mol. The highest BCUT2D eigenvalue weighted by atomic mass is 35.5. The summed E-state index contributed by atoms with van der Waals surface area (Å²) < 4.78 is 125. The highest BCUT2D eigenvalue weighted by Crippen LogP contribution is 2.44. The van der Waals surface area contributed by atoms with Crippen molar-refractivity contribution in [1.82, 2.24) is 24.8 Å². The number of piperazine rings is 1. The lowest BCUT2D eigenvalue weighted by Gasteiger charge is -2.46. The fourth-order valence-electron chi connectivity index (χ4n) is 7.27. The predicted octanol–water partition coefficient (Wildman–Crippen LogP) is 5.07. The molecule has 5 aliphatic rings. The van der Waals surface area contributed by atoms with E-state index in [0.717, 1.165) is 6.42 Å². The summed E-state index contributed by atoms with van der Waals surface area (Å²) in [5, 5.41) is 11.8. The minimum atomic E-state index is -5.41. The Labute approximate surface area is 264 Å². The molecule has 3 aromatic rings. The monoisotopic (exact) mass is 678 g/mol. The van der Waals surface area contributed by atoms with Gasteiger partial charge in [0.2, 0.25) is 0 Å². The van der Waals surface area contributed by atoms with Crippen LogP contribution in [0.15, 0.2) is 23.0 Å². The van der Waals surface area contributed by atoms with E-state index in [0.29, 0.717) is 44.1 Å². The van der Waals surface area contributed by atoms with Gasteiger partial charge in [-0.2, -0.15) is 36.3 Å². The number of piperidine rings is 2. The lowest BCUT2D eigenvalue weighted by Crippen LogP contribution is -2.61. The molecule has 0 aliphatic carbocycles. The van der Waals surface area contributed by atoms with Crippen molar-refractivity contribution < 1.29 is 43.3 Å². The lowest BCUT2D eigenvalue weighted by atomic mass is 9.93. The normalized spacial score (nSPS) is 27.7. The van der Waals surface area contributed by atoms with Crippen LogP contribution in [-0.2, 0) is 12.4 Å². The molecular formula is C29H28ClF7N6O3. The third kappa shape index (κ3) is 5.21. The number of hydrogen-bond acceptors (Lipinski definition) is 8. The van der Waals surface area contributed by atoms with Gasteiger partial charge in [0.05, 0.1) is 29.9 Å². The molecule has 4 atom stereocenters. The van der Waals surface area contributed by atoms with Crippen LogP contribution in [0.2, 0.25) is 5.02 Å². The number of alkyl halides is 7. The van der Waals surface area contributed by atoms with Crippen molar-refractivity contribution in [3.63, 3.8) is 0 Å². The molecule has 2 aromatic heterocycles. The number of nitrogens with zero attached hydrogens (tertiary/aromatic N) is 5. The van der Waals surface area contributed by atoms with Crippen LogP contribution in [0.5, 0.6) is 11.8 Å². The molecule has 0 amide bonds. The number of aromatic nitrogens is 3. The van der Waals surface area contributed by atoms with Gasteiger partial charge in [-0.15, -0.1) is 0 Å². The van der Waals surface area contributed by atoms with Crippen LogP contribution >= 0.6 is 11.6 Å². The molecular weight excluding hydrogens is 649 g/mol. The topological polar surface area (TPSA) is 95.8 Å². The molecule has 17 heteroatoms. The molecule has 0 radical (unpaired) electrons. The van der Waals surface area contributed by atoms with Crippen LogP contribution in [0.1, 0.15) is 46.1 Å². The number of nitrogens with one attached hydrogen (secondary N) is 1. The predicted molar refractivity (Wildman–Crippen MR) is 153 cm³/mol. The molecule has 2 N–H and O–H groups in total. The summed E-state index contributed by atoms with van der Waals surface area (Å²) in [5.74, 6) is -1.14. The van der Waals surface area contributed by atoms with E-state index in [1.807, 2.05) is 0 Å². The molecule has 9 nitrogen and oxygen atoms in total. The van der Waals surface area contributed by atoms with Crippen LogP contribution in [-0.4, -0.2) is 81.1 Å². The Morgan fingerprint density at radius 1 is 1.13 bits per heavy atom. The number of phenols is 1. The Hall–Kier alpha value is -3.37. The Kier molecular flexibility index (Phi) is 6.79. The second-order valence-electron chi connectivity index (χ2n) is 12.2. The molecule has 2 bridgehead atoms. The largest absolute Gasteiger partial charge is 0.508 e. The third-order valence-electron chi connectivity index (χ3n) is 9.26. The zero-order valence-electron chi connectivity index (χ0n) is 25.9. The number of phenolic OH excluding ortho intramolecular Hbond substituents is 1. The maximum Gasteiger partial charge on any atom is 0.431 e. The van der Waals surface area contributed by atoms with Gasteiger partial charge in [-0.25, -0.2) is 4.39 Å². The molecule has 8 rings (SSSR count). The number of hydrogen-bond donors (Lipinski definition) is 2. The standard InChI is InChI=1S/C29H28ClF7N6O3/c30-19-6-17(44)7-20(22(19)29(35,36)37)43-21(28(32,33)34)8-18-23(25(43)45)39-26(40-24(18)42-12-15-2-3-16(42)10-38-15)46-13-27-4-1-5-41(27)11-14(31)9-27/h6-8,14-16,38,44H,1-5,9-13H2/t14-,15?,16?,27+/m1/s1/i13D2. The first-order chi connectivity index (χ1) is 22.4. The number of anilines is 1. The van der Waals surface area contributed by atoms with Gasteiger partial charge in [0.1, 0.15) is 35.5 Å². The highest BCUT2D eigenvalue weighted by Gasteiger charge is 2.50. The summed E-state index contributed by atoms with van der Waals surface area (Å²) in [6.45, 7) is -1.62. The van der Waals surface area contributed by atoms with Crippen molar-refractivity contribution in [1.29, 1.82) is 0 Å². The van der Waals surface area contributed by atoms with Crippen LogP contribution < -0.4 is 20.5 Å². The summed E-state index contributed by atoms with van der Waals surface area (Å²) in [6.07, 6.45) is -10.2. The maximum absolute atomic E-state index is 14.7. The smallest absolute Gasteiger partial charge is 0.431 e. The Bertz CT molecular complexity index is 1850. The van der Waals surface area contributed by atoms with Crippen molar-refractivity contribution in [3.8, 4) is 17.4 Å². The Balaban J connectivity index is 1.49. The molecule has 5 aliphatic heterocycles. The van der Waals surface area contributed by atoms with Crippen LogP contribution in [0, 0.1) is 0 Å². The fraction of sp³-hybridized carbons (Fsp3) is 0.552. The minimum Gasteiger partial charge on any atom is -0.508 e. The van der Waals surface area contributed by atoms with Crippen molar-refractivity contribution in [2.45, 2.75) is 68.3 Å². The van der Waals surface area contributed by atoms with Gasteiger partial charge in [0.25, 0.3) is 5.56 Å². The Morgan fingerprint density at radius 2 is 1.91 bits per heavy atom. The van der Waals surface area contributed by atoms with Gasteiger partial charge in [0.15, 0.2) is 0 Å². The van der Waals surface area contributed by atoms with E-state index in [4.69, 9.17) is 19.1 Å². The van der Waals surface area contributed by atoms with Gasteiger partial charge >= 0.3 is 18.4 Å². The fourth-order valence-corrected chi connectivity index (χ4v) is 7.58. The molecule has 248 valence electrons. The van der Waals surface area contributed by atoms with Crippen molar-refractivity contribution in [2.75, 3.05) is 37.6 Å². The second kappa shape index (κ2) is 10.8. The number of fused-ring (bicyclic) bond motifs is 5. The van der Waals surface area contributed by atoms with Crippen LogP contribution in [0.25, 0.3) is 16.6 Å². The SMILES string of the molecule is [2H]C([2H])(Oc1nc(N2CC3CCC2CN3)c2cc(C(F)(F)F)n(-c3cc(O)cc(Cl)c3C(F)(F)F)c(=O)c2n1)[C@@]12CCCN1C[C@H](F)C2. The van der Waals surface area contributed by atoms with Crippen LogP contribution in [0.4, 0.5) is 36.6 Å². The van der Waals surface area contributed by atoms with E-state index in [1.54, 1.807) is 9.80 Å². The number of benzene rings is 1. The van der Waals surface area contributed by atoms with E-state index in [-0.39, 0.29) is 48.4 Å². The molecule has 5 saturated heterocycles. The van der Waals surface area contributed by atoms with Crippen molar-refractivity contribution >= 4 is 28.3 Å². The maximum atomic E-state index is 14.7. The van der Waals surface area contributed by atoms with Crippen molar-refractivity contribution in [3.05, 3.63) is 44.8 Å². The molecule has 5 fully saturated rings. The average Bonchev–Trinajstić information content (AvgIpc) is 3.53. The second-order valence-corrected chi connectivity index (χ2v) is 12.6. The van der Waals surface area contributed by atoms with Gasteiger partial charge in [-0.1, -0.05) is 11.6 Å². The number of aromatic hydroxyl groups is 1. The van der Waals surface area contributed by atoms with Gasteiger partial charge < -0.3 is 20.1 Å². The van der Waals surface area contributed by atoms with E-state index in [1.165, 1.54) is 0 Å². The summed E-state index contributed by atoms with van der Waals surface area (Å²) in [5.41, 5.74) is -8.91. The molecule has 46 heavy (non-hydrogen) atoms. The molecule has 0 spiro atoms. The number of halogens is 8. The molecule has 2 unspecified atom stereocenters. The number of ether oxygens (including phenoxy) is 1. The van der Waals surface area contributed by atoms with E-state index in [9.17, 15) is 40.6 Å².